The first kappa shape index (κ1) is 12.1. The van der Waals surface area contributed by atoms with Gasteiger partial charge < -0.3 is 9.47 Å². The summed E-state index contributed by atoms with van der Waals surface area (Å²) in [5.74, 6) is 0.930. The van der Waals surface area contributed by atoms with E-state index in [0.717, 1.165) is 17.9 Å². The highest BCUT2D eigenvalue weighted by atomic mass is 16.6. The second-order valence-corrected chi connectivity index (χ2v) is 4.83. The zero-order valence-corrected chi connectivity index (χ0v) is 10.5. The lowest BCUT2D eigenvalue weighted by Crippen LogP contribution is -2.34. The third-order valence-corrected chi connectivity index (χ3v) is 2.99. The van der Waals surface area contributed by atoms with Crippen LogP contribution in [0.5, 0.6) is 5.75 Å². The number of Topliss-reactive ketones (excluding diaryl/α,β-unsaturated/α-hetero) is 1. The number of ether oxygens (including phenoxy) is 2. The first-order valence-corrected chi connectivity index (χ1v) is 5.97. The van der Waals surface area contributed by atoms with Crippen molar-refractivity contribution in [1.82, 2.24) is 0 Å². The highest BCUT2D eigenvalue weighted by Gasteiger charge is 2.41. The van der Waals surface area contributed by atoms with Gasteiger partial charge in [0.25, 0.3) is 0 Å². The first-order chi connectivity index (χ1) is 8.03. The van der Waals surface area contributed by atoms with Crippen LogP contribution in [-0.4, -0.2) is 24.1 Å². The number of benzene rings is 1. The molecule has 3 heteroatoms. The summed E-state index contributed by atoms with van der Waals surface area (Å²) in [5, 5.41) is 0. The Kier molecular flexibility index (Phi) is 3.20. The van der Waals surface area contributed by atoms with Crippen molar-refractivity contribution >= 4 is 5.78 Å². The average Bonchev–Trinajstić information content (AvgIpc) is 3.12. The average molecular weight is 234 g/mol. The van der Waals surface area contributed by atoms with E-state index in [2.05, 4.69) is 0 Å². The maximum atomic E-state index is 11.5. The highest BCUT2D eigenvalue weighted by Crippen LogP contribution is 2.29. The molecule has 0 saturated carbocycles. The van der Waals surface area contributed by atoms with Crippen LogP contribution in [0.4, 0.5) is 0 Å². The summed E-state index contributed by atoms with van der Waals surface area (Å²) in [6, 6.07) is 7.30. The minimum Gasteiger partial charge on any atom is -0.485 e. The number of ketones is 1. The Bertz CT molecular complexity index is 402. The van der Waals surface area contributed by atoms with Crippen molar-refractivity contribution in [2.75, 3.05) is 6.61 Å². The second-order valence-electron chi connectivity index (χ2n) is 4.83. The Morgan fingerprint density at radius 1 is 1.41 bits per heavy atom. The van der Waals surface area contributed by atoms with Crippen LogP contribution in [0.2, 0.25) is 0 Å². The van der Waals surface area contributed by atoms with Crippen molar-refractivity contribution in [3.63, 3.8) is 0 Å². The molecule has 1 saturated heterocycles. The Balaban J connectivity index is 2.05. The van der Waals surface area contributed by atoms with Gasteiger partial charge in [-0.1, -0.05) is 6.92 Å². The summed E-state index contributed by atoms with van der Waals surface area (Å²) in [4.78, 5) is 11.5. The van der Waals surface area contributed by atoms with Crippen LogP contribution in [0.15, 0.2) is 24.3 Å². The molecule has 3 nitrogen and oxygen atoms in total. The van der Waals surface area contributed by atoms with Gasteiger partial charge in [-0.2, -0.15) is 0 Å². The molecule has 2 rings (SSSR count). The molecule has 1 aromatic carbocycles. The second kappa shape index (κ2) is 4.49. The fraction of sp³-hybridized carbons (Fsp3) is 0.500. The topological polar surface area (TPSA) is 38.8 Å². The molecular weight excluding hydrogens is 216 g/mol. The van der Waals surface area contributed by atoms with E-state index in [1.165, 1.54) is 0 Å². The minimum atomic E-state index is -0.309. The van der Waals surface area contributed by atoms with Gasteiger partial charge in [0, 0.05) is 12.0 Å². The van der Waals surface area contributed by atoms with Gasteiger partial charge in [-0.25, -0.2) is 0 Å². The summed E-state index contributed by atoms with van der Waals surface area (Å²) < 4.78 is 11.1. The molecular formula is C14H18O3. The molecule has 0 aliphatic carbocycles. The largest absolute Gasteiger partial charge is 0.485 e. The van der Waals surface area contributed by atoms with Gasteiger partial charge in [0.05, 0.1) is 6.61 Å². The summed E-state index contributed by atoms with van der Waals surface area (Å²) in [5.41, 5.74) is 0.427. The van der Waals surface area contributed by atoms with Gasteiger partial charge in [0.15, 0.2) is 5.78 Å². The smallest absolute Gasteiger partial charge is 0.162 e. The molecule has 0 spiro atoms. The molecule has 0 bridgehead atoms. The number of rotatable bonds is 5. The monoisotopic (exact) mass is 234 g/mol. The maximum Gasteiger partial charge on any atom is 0.162 e. The molecule has 0 radical (unpaired) electrons. The summed E-state index contributed by atoms with van der Waals surface area (Å²) in [6.45, 7) is 6.64. The van der Waals surface area contributed by atoms with E-state index in [0.29, 0.717) is 6.42 Å². The van der Waals surface area contributed by atoms with Crippen LogP contribution < -0.4 is 4.74 Å². The van der Waals surface area contributed by atoms with Crippen LogP contribution in [-0.2, 0) is 4.74 Å². The van der Waals surface area contributed by atoms with Crippen LogP contribution in [0.3, 0.4) is 0 Å². The molecule has 1 aliphatic rings. The summed E-state index contributed by atoms with van der Waals surface area (Å²) in [7, 11) is 0. The van der Waals surface area contributed by atoms with E-state index in [4.69, 9.17) is 9.47 Å². The standard InChI is InChI=1S/C14H18O3/c1-4-12(15)10-5-7-11(8-6-10)17-14(2,3)13-9-16-13/h5-8,13H,4,9H2,1-3H3. The van der Waals surface area contributed by atoms with Crippen LogP contribution in [0, 0.1) is 0 Å². The number of carbonyl (C=O) groups excluding carboxylic acids is 1. The Hall–Kier alpha value is -1.35. The zero-order chi connectivity index (χ0) is 12.5. The third-order valence-electron chi connectivity index (χ3n) is 2.99. The first-order valence-electron chi connectivity index (χ1n) is 5.97. The van der Waals surface area contributed by atoms with Crippen molar-refractivity contribution in [3.8, 4) is 5.75 Å². The van der Waals surface area contributed by atoms with Gasteiger partial charge in [-0.15, -0.1) is 0 Å². The number of epoxide rings is 1. The third kappa shape index (κ3) is 2.86. The van der Waals surface area contributed by atoms with Crippen LogP contribution in [0.25, 0.3) is 0 Å². The molecule has 1 aromatic rings. The molecule has 1 heterocycles. The summed E-state index contributed by atoms with van der Waals surface area (Å²) in [6.07, 6.45) is 0.709. The van der Waals surface area contributed by atoms with Gasteiger partial charge in [-0.05, 0) is 38.1 Å². The van der Waals surface area contributed by atoms with Gasteiger partial charge in [-0.3, -0.25) is 4.79 Å². The van der Waals surface area contributed by atoms with Gasteiger partial charge in [0.1, 0.15) is 17.5 Å². The SMILES string of the molecule is CCC(=O)c1ccc(OC(C)(C)C2CO2)cc1. The predicted molar refractivity (Wildman–Crippen MR) is 65.5 cm³/mol. The summed E-state index contributed by atoms with van der Waals surface area (Å²) >= 11 is 0. The Labute approximate surface area is 102 Å². The normalized spacial score (nSPS) is 18.9. The predicted octanol–water partition coefficient (Wildman–Crippen LogP) is 2.84. The van der Waals surface area contributed by atoms with Gasteiger partial charge in [0.2, 0.25) is 0 Å². The lowest BCUT2D eigenvalue weighted by Gasteiger charge is -2.24. The molecule has 17 heavy (non-hydrogen) atoms. The molecule has 1 unspecified atom stereocenters. The number of carbonyl (C=O) groups is 1. The van der Waals surface area contributed by atoms with E-state index in [9.17, 15) is 4.79 Å². The molecule has 1 fully saturated rings. The lowest BCUT2D eigenvalue weighted by molar-refractivity contribution is 0.0744. The lowest BCUT2D eigenvalue weighted by atomic mass is 10.1. The number of hydrogen-bond donors (Lipinski definition) is 0. The zero-order valence-electron chi connectivity index (χ0n) is 10.5. The minimum absolute atomic E-state index is 0.154. The fourth-order valence-electron chi connectivity index (χ4n) is 1.73. The van der Waals surface area contributed by atoms with E-state index in [1.54, 1.807) is 0 Å². The van der Waals surface area contributed by atoms with E-state index in [1.807, 2.05) is 45.0 Å². The quantitative estimate of drug-likeness (QED) is 0.581. The molecule has 0 amide bonds. The van der Waals surface area contributed by atoms with Crippen molar-refractivity contribution in [1.29, 1.82) is 0 Å². The van der Waals surface area contributed by atoms with Crippen molar-refractivity contribution in [2.45, 2.75) is 38.9 Å². The molecule has 0 aromatic heterocycles. The van der Waals surface area contributed by atoms with Crippen molar-refractivity contribution in [2.24, 2.45) is 0 Å². The number of hydrogen-bond acceptors (Lipinski definition) is 3. The molecule has 1 atom stereocenters. The van der Waals surface area contributed by atoms with E-state index < -0.39 is 0 Å². The highest BCUT2D eigenvalue weighted by molar-refractivity contribution is 5.95. The Morgan fingerprint density at radius 3 is 2.47 bits per heavy atom. The fourth-order valence-corrected chi connectivity index (χ4v) is 1.73. The van der Waals surface area contributed by atoms with Crippen molar-refractivity contribution in [3.05, 3.63) is 29.8 Å². The van der Waals surface area contributed by atoms with Crippen LogP contribution in [0.1, 0.15) is 37.6 Å². The maximum absolute atomic E-state index is 11.5. The van der Waals surface area contributed by atoms with E-state index in [-0.39, 0.29) is 17.5 Å². The van der Waals surface area contributed by atoms with Crippen LogP contribution >= 0.6 is 0 Å². The van der Waals surface area contributed by atoms with E-state index >= 15 is 0 Å². The van der Waals surface area contributed by atoms with Gasteiger partial charge >= 0.3 is 0 Å². The van der Waals surface area contributed by atoms with Crippen molar-refractivity contribution < 1.29 is 14.3 Å². The Morgan fingerprint density at radius 2 is 2.00 bits per heavy atom. The molecule has 92 valence electrons. The molecule has 1 aliphatic heterocycles. The molecule has 0 N–H and O–H groups in total.